The Morgan fingerprint density at radius 2 is 2.00 bits per heavy atom. The maximum Gasteiger partial charge on any atom is 0.149 e. The first-order valence-corrected chi connectivity index (χ1v) is 6.02. The van der Waals surface area contributed by atoms with Crippen LogP contribution in [0.5, 0.6) is 0 Å². The van der Waals surface area contributed by atoms with Gasteiger partial charge in [0.05, 0.1) is 5.52 Å². The van der Waals surface area contributed by atoms with E-state index in [2.05, 4.69) is 10.3 Å². The fraction of sp³-hybridized carbons (Fsp3) is 0.143. The molecule has 0 spiro atoms. The average Bonchev–Trinajstić information content (AvgIpc) is 2.82. The minimum atomic E-state index is -0.356. The summed E-state index contributed by atoms with van der Waals surface area (Å²) in [5.41, 5.74) is 8.38. The summed E-state index contributed by atoms with van der Waals surface area (Å²) in [5.74, 6) is -0.356. The van der Waals surface area contributed by atoms with E-state index in [0.29, 0.717) is 5.69 Å². The first-order valence-electron chi connectivity index (χ1n) is 6.02. The van der Waals surface area contributed by atoms with Crippen molar-refractivity contribution in [3.05, 3.63) is 53.8 Å². The van der Waals surface area contributed by atoms with Gasteiger partial charge in [-0.1, -0.05) is 23.4 Å². The third-order valence-electron chi connectivity index (χ3n) is 3.08. The van der Waals surface area contributed by atoms with E-state index < -0.39 is 0 Å². The predicted octanol–water partition coefficient (Wildman–Crippen LogP) is 2.58. The smallest absolute Gasteiger partial charge is 0.149 e. The molecule has 4 nitrogen and oxygen atoms in total. The van der Waals surface area contributed by atoms with Gasteiger partial charge in [0, 0.05) is 6.04 Å². The highest BCUT2D eigenvalue weighted by Gasteiger charge is 2.11. The van der Waals surface area contributed by atoms with Gasteiger partial charge in [-0.2, -0.15) is 0 Å². The van der Waals surface area contributed by atoms with Gasteiger partial charge < -0.3 is 5.73 Å². The quantitative estimate of drug-likeness (QED) is 0.766. The van der Waals surface area contributed by atoms with E-state index >= 15 is 0 Å². The van der Waals surface area contributed by atoms with E-state index in [4.69, 9.17) is 5.73 Å². The van der Waals surface area contributed by atoms with Crippen molar-refractivity contribution in [2.75, 3.05) is 0 Å². The molecular formula is C14H13FN4. The molecule has 0 bridgehead atoms. The summed E-state index contributed by atoms with van der Waals surface area (Å²) < 4.78 is 15.7. The minimum Gasteiger partial charge on any atom is -0.324 e. The number of nitrogens with zero attached hydrogens (tertiary/aromatic N) is 3. The van der Waals surface area contributed by atoms with Crippen molar-refractivity contribution >= 4 is 11.0 Å². The fourth-order valence-electron chi connectivity index (χ4n) is 2.03. The number of hydrogen-bond acceptors (Lipinski definition) is 3. The molecule has 0 saturated heterocycles. The minimum absolute atomic E-state index is 0.198. The second-order valence-corrected chi connectivity index (χ2v) is 4.49. The molecule has 19 heavy (non-hydrogen) atoms. The lowest BCUT2D eigenvalue weighted by Gasteiger charge is -2.09. The number of para-hydroxylation sites is 1. The molecule has 0 saturated carbocycles. The molecule has 2 N–H and O–H groups in total. The molecule has 0 fully saturated rings. The maximum atomic E-state index is 14.2. The number of nitrogens with two attached hydrogens (primary N) is 1. The Balaban J connectivity index is 2.17. The van der Waals surface area contributed by atoms with E-state index in [-0.39, 0.29) is 11.9 Å². The molecule has 1 atom stereocenters. The van der Waals surface area contributed by atoms with Crippen LogP contribution in [-0.2, 0) is 0 Å². The number of benzene rings is 2. The largest absolute Gasteiger partial charge is 0.324 e. The topological polar surface area (TPSA) is 56.7 Å². The van der Waals surface area contributed by atoms with Crippen molar-refractivity contribution in [1.82, 2.24) is 15.0 Å². The first kappa shape index (κ1) is 11.8. The van der Waals surface area contributed by atoms with Gasteiger partial charge >= 0.3 is 0 Å². The fourth-order valence-corrected chi connectivity index (χ4v) is 2.03. The van der Waals surface area contributed by atoms with Crippen LogP contribution in [0, 0.1) is 5.82 Å². The van der Waals surface area contributed by atoms with Crippen LogP contribution in [-0.4, -0.2) is 15.0 Å². The van der Waals surface area contributed by atoms with Crippen molar-refractivity contribution < 1.29 is 4.39 Å². The molecular weight excluding hydrogens is 243 g/mol. The zero-order valence-corrected chi connectivity index (χ0v) is 10.4. The number of aromatic nitrogens is 3. The Morgan fingerprint density at radius 3 is 2.74 bits per heavy atom. The number of halogens is 1. The van der Waals surface area contributed by atoms with Crippen molar-refractivity contribution in [3.8, 4) is 5.69 Å². The summed E-state index contributed by atoms with van der Waals surface area (Å²) in [5, 5.41) is 8.01. The van der Waals surface area contributed by atoms with Gasteiger partial charge in [-0.25, -0.2) is 9.07 Å². The Hall–Kier alpha value is -2.27. The van der Waals surface area contributed by atoms with Gasteiger partial charge in [-0.05, 0) is 36.8 Å². The van der Waals surface area contributed by atoms with Crippen molar-refractivity contribution in [1.29, 1.82) is 0 Å². The highest BCUT2D eigenvalue weighted by Crippen LogP contribution is 2.21. The summed E-state index contributed by atoms with van der Waals surface area (Å²) in [6.45, 7) is 1.82. The standard InChI is InChI=1S/C14H13FN4/c1-9(16)10-6-7-13(11(15)8-10)19-14-5-3-2-4-12(14)17-18-19/h2-9H,16H2,1H3. The van der Waals surface area contributed by atoms with Crippen LogP contribution in [0.3, 0.4) is 0 Å². The third-order valence-corrected chi connectivity index (χ3v) is 3.08. The molecule has 0 aliphatic rings. The first-order chi connectivity index (χ1) is 9.16. The van der Waals surface area contributed by atoms with E-state index in [0.717, 1.165) is 16.6 Å². The summed E-state index contributed by atoms with van der Waals surface area (Å²) in [7, 11) is 0. The highest BCUT2D eigenvalue weighted by atomic mass is 19.1. The van der Waals surface area contributed by atoms with Crippen LogP contribution in [0.1, 0.15) is 18.5 Å². The normalized spacial score (nSPS) is 12.8. The van der Waals surface area contributed by atoms with Crippen LogP contribution in [0.2, 0.25) is 0 Å². The van der Waals surface area contributed by atoms with Gasteiger partial charge in [0.2, 0.25) is 0 Å². The Bertz CT molecular complexity index is 733. The van der Waals surface area contributed by atoms with Crippen molar-refractivity contribution in [2.45, 2.75) is 13.0 Å². The Kier molecular flexibility index (Phi) is 2.76. The summed E-state index contributed by atoms with van der Waals surface area (Å²) in [6, 6.07) is 12.2. The monoisotopic (exact) mass is 256 g/mol. The number of rotatable bonds is 2. The summed E-state index contributed by atoms with van der Waals surface area (Å²) in [4.78, 5) is 0. The average molecular weight is 256 g/mol. The molecule has 3 rings (SSSR count). The van der Waals surface area contributed by atoms with Gasteiger partial charge in [-0.15, -0.1) is 5.10 Å². The van der Waals surface area contributed by atoms with Gasteiger partial charge in [0.15, 0.2) is 0 Å². The summed E-state index contributed by atoms with van der Waals surface area (Å²) in [6.07, 6.45) is 0. The molecule has 1 aromatic heterocycles. The second kappa shape index (κ2) is 4.44. The number of fused-ring (bicyclic) bond motifs is 1. The van der Waals surface area contributed by atoms with Crippen LogP contribution in [0.25, 0.3) is 16.7 Å². The van der Waals surface area contributed by atoms with E-state index in [1.54, 1.807) is 12.1 Å². The lowest BCUT2D eigenvalue weighted by atomic mass is 10.1. The zero-order valence-electron chi connectivity index (χ0n) is 10.4. The molecule has 1 unspecified atom stereocenters. The maximum absolute atomic E-state index is 14.2. The molecule has 2 aromatic carbocycles. The molecule has 3 aromatic rings. The van der Waals surface area contributed by atoms with E-state index in [1.165, 1.54) is 10.7 Å². The Labute approximate surface area is 109 Å². The third kappa shape index (κ3) is 1.98. The molecule has 0 aliphatic carbocycles. The van der Waals surface area contributed by atoms with Gasteiger partial charge in [0.25, 0.3) is 0 Å². The van der Waals surface area contributed by atoms with E-state index in [1.807, 2.05) is 31.2 Å². The van der Waals surface area contributed by atoms with Crippen LogP contribution in [0.4, 0.5) is 4.39 Å². The van der Waals surface area contributed by atoms with E-state index in [9.17, 15) is 4.39 Å². The lowest BCUT2D eigenvalue weighted by Crippen LogP contribution is -2.07. The molecule has 0 aliphatic heterocycles. The van der Waals surface area contributed by atoms with Gasteiger partial charge in [-0.3, -0.25) is 0 Å². The highest BCUT2D eigenvalue weighted by molar-refractivity contribution is 5.75. The second-order valence-electron chi connectivity index (χ2n) is 4.49. The zero-order chi connectivity index (χ0) is 13.4. The van der Waals surface area contributed by atoms with Crippen molar-refractivity contribution in [3.63, 3.8) is 0 Å². The molecule has 5 heteroatoms. The molecule has 0 radical (unpaired) electrons. The SMILES string of the molecule is CC(N)c1ccc(-n2nnc3ccccc32)c(F)c1. The van der Waals surface area contributed by atoms with Gasteiger partial charge in [0.1, 0.15) is 17.0 Å². The van der Waals surface area contributed by atoms with Crippen LogP contribution < -0.4 is 5.73 Å². The molecule has 0 amide bonds. The molecule has 96 valence electrons. The lowest BCUT2D eigenvalue weighted by molar-refractivity contribution is 0.605. The predicted molar refractivity (Wildman–Crippen MR) is 71.4 cm³/mol. The molecule has 1 heterocycles. The van der Waals surface area contributed by atoms with Crippen LogP contribution in [0.15, 0.2) is 42.5 Å². The number of hydrogen-bond donors (Lipinski definition) is 1. The summed E-state index contributed by atoms with van der Waals surface area (Å²) >= 11 is 0. The van der Waals surface area contributed by atoms with Crippen molar-refractivity contribution in [2.24, 2.45) is 5.73 Å². The van der Waals surface area contributed by atoms with Crippen LogP contribution >= 0.6 is 0 Å². The Morgan fingerprint density at radius 1 is 1.21 bits per heavy atom.